The molecule has 0 heterocycles. The SMILES string of the molecule is CC(=O)C(CCC(=O)O)Cc1cccc(C)c1. The summed E-state index contributed by atoms with van der Waals surface area (Å²) in [7, 11) is 0. The Bertz CT molecular complexity index is 410. The van der Waals surface area contributed by atoms with Crippen LogP contribution in [-0.4, -0.2) is 16.9 Å². The number of hydrogen-bond acceptors (Lipinski definition) is 2. The summed E-state index contributed by atoms with van der Waals surface area (Å²) in [6.45, 7) is 3.53. The second-order valence-electron chi connectivity index (χ2n) is 4.43. The normalized spacial score (nSPS) is 12.1. The van der Waals surface area contributed by atoms with Crippen molar-refractivity contribution in [3.8, 4) is 0 Å². The van der Waals surface area contributed by atoms with Gasteiger partial charge in [0, 0.05) is 12.3 Å². The molecule has 0 bridgehead atoms. The van der Waals surface area contributed by atoms with E-state index in [0.717, 1.165) is 11.1 Å². The molecule has 0 saturated heterocycles. The molecule has 1 N–H and O–H groups in total. The number of hydrogen-bond donors (Lipinski definition) is 1. The van der Waals surface area contributed by atoms with Gasteiger partial charge in [-0.05, 0) is 32.3 Å². The van der Waals surface area contributed by atoms with Crippen LogP contribution in [0.25, 0.3) is 0 Å². The first kappa shape index (κ1) is 13.4. The van der Waals surface area contributed by atoms with E-state index in [0.29, 0.717) is 12.8 Å². The van der Waals surface area contributed by atoms with E-state index in [1.54, 1.807) is 0 Å². The summed E-state index contributed by atoms with van der Waals surface area (Å²) in [5, 5.41) is 8.64. The van der Waals surface area contributed by atoms with E-state index in [1.165, 1.54) is 6.92 Å². The fraction of sp³-hybridized carbons (Fsp3) is 0.429. The summed E-state index contributed by atoms with van der Waals surface area (Å²) in [5.74, 6) is -0.971. The summed E-state index contributed by atoms with van der Waals surface area (Å²) in [4.78, 5) is 22.0. The van der Waals surface area contributed by atoms with Gasteiger partial charge >= 0.3 is 5.97 Å². The topological polar surface area (TPSA) is 54.4 Å². The van der Waals surface area contributed by atoms with Crippen molar-refractivity contribution in [1.82, 2.24) is 0 Å². The van der Waals surface area contributed by atoms with E-state index in [-0.39, 0.29) is 18.1 Å². The Kier molecular flexibility index (Phi) is 4.88. The van der Waals surface area contributed by atoms with Gasteiger partial charge in [0.25, 0.3) is 0 Å². The van der Waals surface area contributed by atoms with Crippen molar-refractivity contribution in [2.75, 3.05) is 0 Å². The van der Waals surface area contributed by atoms with Crippen molar-refractivity contribution < 1.29 is 14.7 Å². The number of carboxylic acids is 1. The molecule has 1 aromatic carbocycles. The molecule has 0 aromatic heterocycles. The molecule has 0 aliphatic carbocycles. The summed E-state index contributed by atoms with van der Waals surface area (Å²) >= 11 is 0. The van der Waals surface area contributed by atoms with Crippen LogP contribution in [0.1, 0.15) is 30.9 Å². The number of Topliss-reactive ketones (excluding diaryl/α,β-unsaturated/α-hetero) is 1. The van der Waals surface area contributed by atoms with E-state index in [1.807, 2.05) is 31.2 Å². The van der Waals surface area contributed by atoms with Gasteiger partial charge < -0.3 is 5.11 Å². The molecule has 3 heteroatoms. The summed E-state index contributed by atoms with van der Waals surface area (Å²) in [6, 6.07) is 7.98. The van der Waals surface area contributed by atoms with Crippen LogP contribution in [0.5, 0.6) is 0 Å². The van der Waals surface area contributed by atoms with Gasteiger partial charge in [-0.15, -0.1) is 0 Å². The van der Waals surface area contributed by atoms with E-state index in [2.05, 4.69) is 0 Å². The Morgan fingerprint density at radius 3 is 2.59 bits per heavy atom. The molecule has 1 rings (SSSR count). The zero-order chi connectivity index (χ0) is 12.8. The summed E-state index contributed by atoms with van der Waals surface area (Å²) in [5.41, 5.74) is 2.25. The van der Waals surface area contributed by atoms with Crippen LogP contribution in [0.3, 0.4) is 0 Å². The Labute approximate surface area is 101 Å². The van der Waals surface area contributed by atoms with Crippen LogP contribution >= 0.6 is 0 Å². The second-order valence-corrected chi connectivity index (χ2v) is 4.43. The predicted octanol–water partition coefficient (Wildman–Crippen LogP) is 2.61. The molecule has 0 aliphatic rings. The summed E-state index contributed by atoms with van der Waals surface area (Å²) < 4.78 is 0. The minimum absolute atomic E-state index is 0.0516. The predicted molar refractivity (Wildman–Crippen MR) is 65.9 cm³/mol. The molecule has 0 fully saturated rings. The highest BCUT2D eigenvalue weighted by molar-refractivity contribution is 5.79. The summed E-state index contributed by atoms with van der Waals surface area (Å²) in [6.07, 6.45) is 1.10. The number of carboxylic acid groups (broad SMARTS) is 1. The maximum atomic E-state index is 11.5. The Hall–Kier alpha value is -1.64. The number of aliphatic carboxylic acids is 1. The van der Waals surface area contributed by atoms with Gasteiger partial charge in [-0.25, -0.2) is 0 Å². The lowest BCUT2D eigenvalue weighted by molar-refractivity contribution is -0.137. The van der Waals surface area contributed by atoms with Gasteiger partial charge in [0.2, 0.25) is 0 Å². The van der Waals surface area contributed by atoms with E-state index in [9.17, 15) is 9.59 Å². The molecular weight excluding hydrogens is 216 g/mol. The molecule has 0 aliphatic heterocycles. The van der Waals surface area contributed by atoms with Crippen molar-refractivity contribution in [3.05, 3.63) is 35.4 Å². The smallest absolute Gasteiger partial charge is 0.303 e. The van der Waals surface area contributed by atoms with Crippen molar-refractivity contribution >= 4 is 11.8 Å². The van der Waals surface area contributed by atoms with Gasteiger partial charge in [0.1, 0.15) is 5.78 Å². The lowest BCUT2D eigenvalue weighted by atomic mass is 9.91. The Balaban J connectivity index is 2.66. The molecule has 3 nitrogen and oxygen atoms in total. The minimum atomic E-state index is -0.847. The van der Waals surface area contributed by atoms with Gasteiger partial charge in [-0.1, -0.05) is 29.8 Å². The molecule has 0 saturated carbocycles. The number of carbonyl (C=O) groups is 2. The highest BCUT2D eigenvalue weighted by Crippen LogP contribution is 2.16. The molecule has 1 aromatic rings. The molecule has 1 unspecified atom stereocenters. The Morgan fingerprint density at radius 1 is 1.35 bits per heavy atom. The number of carbonyl (C=O) groups excluding carboxylic acids is 1. The number of benzene rings is 1. The van der Waals surface area contributed by atoms with Gasteiger partial charge in [-0.2, -0.15) is 0 Å². The van der Waals surface area contributed by atoms with Crippen LogP contribution in [0.4, 0.5) is 0 Å². The van der Waals surface area contributed by atoms with Crippen LogP contribution in [0, 0.1) is 12.8 Å². The van der Waals surface area contributed by atoms with Crippen LogP contribution in [0.2, 0.25) is 0 Å². The highest BCUT2D eigenvalue weighted by atomic mass is 16.4. The molecule has 0 amide bonds. The van der Waals surface area contributed by atoms with E-state index >= 15 is 0 Å². The van der Waals surface area contributed by atoms with Crippen molar-refractivity contribution in [3.63, 3.8) is 0 Å². The first-order valence-corrected chi connectivity index (χ1v) is 5.77. The van der Waals surface area contributed by atoms with E-state index < -0.39 is 5.97 Å². The third kappa shape index (κ3) is 4.81. The number of rotatable bonds is 6. The van der Waals surface area contributed by atoms with E-state index in [4.69, 9.17) is 5.11 Å². The van der Waals surface area contributed by atoms with Crippen LogP contribution < -0.4 is 0 Å². The second kappa shape index (κ2) is 6.18. The fourth-order valence-electron chi connectivity index (χ4n) is 1.87. The lowest BCUT2D eigenvalue weighted by Crippen LogP contribution is -2.15. The third-order valence-corrected chi connectivity index (χ3v) is 2.85. The van der Waals surface area contributed by atoms with Crippen molar-refractivity contribution in [1.29, 1.82) is 0 Å². The largest absolute Gasteiger partial charge is 0.481 e. The standard InChI is InChI=1S/C14H18O3/c1-10-4-3-5-12(8-10)9-13(11(2)15)6-7-14(16)17/h3-5,8,13H,6-7,9H2,1-2H3,(H,16,17). The maximum absolute atomic E-state index is 11.5. The van der Waals surface area contributed by atoms with Crippen molar-refractivity contribution in [2.45, 2.75) is 33.1 Å². The minimum Gasteiger partial charge on any atom is -0.481 e. The molecule has 0 radical (unpaired) electrons. The maximum Gasteiger partial charge on any atom is 0.303 e. The zero-order valence-electron chi connectivity index (χ0n) is 10.3. The molecular formula is C14H18O3. The fourth-order valence-corrected chi connectivity index (χ4v) is 1.87. The third-order valence-electron chi connectivity index (χ3n) is 2.85. The van der Waals surface area contributed by atoms with Crippen LogP contribution in [-0.2, 0) is 16.0 Å². The highest BCUT2D eigenvalue weighted by Gasteiger charge is 2.16. The van der Waals surface area contributed by atoms with Gasteiger partial charge in [0.05, 0.1) is 0 Å². The van der Waals surface area contributed by atoms with Gasteiger partial charge in [-0.3, -0.25) is 9.59 Å². The number of aryl methyl sites for hydroxylation is 1. The number of ketones is 1. The first-order chi connectivity index (χ1) is 7.99. The Morgan fingerprint density at radius 2 is 2.06 bits per heavy atom. The quantitative estimate of drug-likeness (QED) is 0.823. The average Bonchev–Trinajstić information content (AvgIpc) is 2.23. The lowest BCUT2D eigenvalue weighted by Gasteiger charge is -2.12. The zero-order valence-corrected chi connectivity index (χ0v) is 10.3. The van der Waals surface area contributed by atoms with Crippen LogP contribution in [0.15, 0.2) is 24.3 Å². The van der Waals surface area contributed by atoms with Crippen molar-refractivity contribution in [2.24, 2.45) is 5.92 Å². The molecule has 0 spiro atoms. The first-order valence-electron chi connectivity index (χ1n) is 5.77. The molecule has 17 heavy (non-hydrogen) atoms. The molecule has 92 valence electrons. The monoisotopic (exact) mass is 234 g/mol. The van der Waals surface area contributed by atoms with Gasteiger partial charge in [0.15, 0.2) is 0 Å². The average molecular weight is 234 g/mol. The molecule has 1 atom stereocenters.